The second-order valence-electron chi connectivity index (χ2n) is 2.33. The first-order valence-corrected chi connectivity index (χ1v) is 3.07. The topological polar surface area (TPSA) is 155 Å². The normalized spacial score (nSPS) is 9.00. The van der Waals surface area contributed by atoms with Crippen LogP contribution in [0.2, 0.25) is 0 Å². The van der Waals surface area contributed by atoms with Crippen molar-refractivity contribution in [1.29, 1.82) is 0 Å². The molecule has 0 saturated heterocycles. The van der Waals surface area contributed by atoms with E-state index in [1.54, 1.807) is 0 Å². The Morgan fingerprint density at radius 2 is 1.08 bits per heavy atom. The number of aliphatic hydroxyl groups is 3. The van der Waals surface area contributed by atoms with Gasteiger partial charge in [-0.25, -0.2) is 0 Å². The lowest BCUT2D eigenvalue weighted by Gasteiger charge is -2.24. The van der Waals surface area contributed by atoms with E-state index in [-0.39, 0.29) is 36.2 Å². The van der Waals surface area contributed by atoms with Gasteiger partial charge < -0.3 is 31.7 Å². The molecule has 9 N–H and O–H groups in total. The van der Waals surface area contributed by atoms with Crippen LogP contribution >= 0.6 is 0 Å². The third kappa shape index (κ3) is 5.42. The third-order valence-corrected chi connectivity index (χ3v) is 1.76. The Morgan fingerprint density at radius 3 is 1.08 bits per heavy atom. The van der Waals surface area contributed by atoms with Gasteiger partial charge in [-0.1, -0.05) is 6.92 Å². The van der Waals surface area contributed by atoms with Crippen LogP contribution in [0.3, 0.4) is 0 Å². The maximum absolute atomic E-state index is 8.66. The molecule has 0 fully saturated rings. The van der Waals surface area contributed by atoms with Crippen molar-refractivity contribution in [2.45, 2.75) is 13.3 Å². The highest BCUT2D eigenvalue weighted by molar-refractivity contribution is 4.74. The molecule has 0 aliphatic heterocycles. The predicted octanol–water partition coefficient (Wildman–Crippen LogP) is -3.11. The molecule has 0 radical (unpaired) electrons. The van der Waals surface area contributed by atoms with Crippen molar-refractivity contribution in [2.75, 3.05) is 19.8 Å². The average Bonchev–Trinajstić information content (AvgIpc) is 1.95. The molecule has 0 aliphatic rings. The number of hydrogen-bond donors (Lipinski definition) is 3. The van der Waals surface area contributed by atoms with Gasteiger partial charge in [0.2, 0.25) is 0 Å². The molecule has 0 amide bonds. The van der Waals surface area contributed by atoms with Crippen LogP contribution in [0.25, 0.3) is 0 Å². The van der Waals surface area contributed by atoms with Gasteiger partial charge in [-0.05, 0) is 6.42 Å². The molecule has 0 saturated carbocycles. The highest BCUT2D eigenvalue weighted by atomic mass is 16.3. The Kier molecular flexibility index (Phi) is 20.3. The average molecular weight is 188 g/mol. The first-order valence-electron chi connectivity index (χ1n) is 3.07. The van der Waals surface area contributed by atoms with Gasteiger partial charge in [-0.15, -0.1) is 0 Å². The van der Waals surface area contributed by atoms with Crippen molar-refractivity contribution in [2.24, 2.45) is 5.41 Å². The van der Waals surface area contributed by atoms with Crippen LogP contribution < -0.4 is 0 Å². The minimum atomic E-state index is -0.667. The largest absolute Gasteiger partial charge is 0.412 e. The van der Waals surface area contributed by atoms with Gasteiger partial charge in [-0.3, -0.25) is 0 Å². The molecule has 0 aromatic carbocycles. The summed E-state index contributed by atoms with van der Waals surface area (Å²) in [6.45, 7) is 1.35. The van der Waals surface area contributed by atoms with E-state index in [1.807, 2.05) is 6.92 Å². The van der Waals surface area contributed by atoms with E-state index in [9.17, 15) is 0 Å². The summed E-state index contributed by atoms with van der Waals surface area (Å²) in [6, 6.07) is 0. The smallest absolute Gasteiger partial charge is 0.0531 e. The fourth-order valence-corrected chi connectivity index (χ4v) is 0.485. The molecular formula is C6H20O6. The lowest BCUT2D eigenvalue weighted by atomic mass is 9.88. The fourth-order valence-electron chi connectivity index (χ4n) is 0.485. The molecule has 0 bridgehead atoms. The molecule has 0 unspecified atom stereocenters. The Labute approximate surface area is 71.4 Å². The molecule has 0 spiro atoms. The maximum Gasteiger partial charge on any atom is 0.0531 e. The van der Waals surface area contributed by atoms with E-state index >= 15 is 0 Å². The Morgan fingerprint density at radius 1 is 0.833 bits per heavy atom. The van der Waals surface area contributed by atoms with Crippen LogP contribution in [-0.2, 0) is 0 Å². The highest BCUT2D eigenvalue weighted by Gasteiger charge is 2.24. The summed E-state index contributed by atoms with van der Waals surface area (Å²) in [4.78, 5) is 0. The Hall–Kier alpha value is -0.240. The van der Waals surface area contributed by atoms with E-state index in [1.165, 1.54) is 0 Å². The van der Waals surface area contributed by atoms with Crippen molar-refractivity contribution >= 4 is 0 Å². The van der Waals surface area contributed by atoms with Gasteiger partial charge in [0.25, 0.3) is 0 Å². The van der Waals surface area contributed by atoms with Gasteiger partial charge in [0.15, 0.2) is 0 Å². The summed E-state index contributed by atoms with van der Waals surface area (Å²) in [5.74, 6) is 0. The van der Waals surface area contributed by atoms with E-state index < -0.39 is 5.41 Å². The summed E-state index contributed by atoms with van der Waals surface area (Å²) in [5, 5.41) is 26.0. The summed E-state index contributed by atoms with van der Waals surface area (Å²) in [5.41, 5.74) is -0.667. The quantitative estimate of drug-likeness (QED) is 0.427. The monoisotopic (exact) mass is 188 g/mol. The molecule has 0 heterocycles. The zero-order chi connectivity index (χ0) is 7.33. The Balaban J connectivity index is -0.000000107. The van der Waals surface area contributed by atoms with Crippen molar-refractivity contribution in [3.8, 4) is 0 Å². The maximum atomic E-state index is 8.66. The molecule has 12 heavy (non-hydrogen) atoms. The van der Waals surface area contributed by atoms with Gasteiger partial charge in [0.1, 0.15) is 0 Å². The standard InChI is InChI=1S/C6H14O3.3H2O/c1-2-6(3-7,4-8)5-9;;;/h7-9H,2-5H2,1H3;3*1H2. The molecule has 0 atom stereocenters. The van der Waals surface area contributed by atoms with Gasteiger partial charge in [0, 0.05) is 5.41 Å². The molecular weight excluding hydrogens is 168 g/mol. The Bertz CT molecular complexity index is 54.9. The second-order valence-corrected chi connectivity index (χ2v) is 2.33. The van der Waals surface area contributed by atoms with E-state index in [0.29, 0.717) is 6.42 Å². The van der Waals surface area contributed by atoms with Gasteiger partial charge >= 0.3 is 0 Å². The number of hydrogen-bond acceptors (Lipinski definition) is 3. The minimum absolute atomic E-state index is 0. The van der Waals surface area contributed by atoms with Crippen molar-refractivity contribution in [3.05, 3.63) is 0 Å². The molecule has 6 nitrogen and oxygen atoms in total. The zero-order valence-electron chi connectivity index (χ0n) is 7.17. The van der Waals surface area contributed by atoms with Gasteiger partial charge in [-0.2, -0.15) is 0 Å². The number of aliphatic hydroxyl groups excluding tert-OH is 3. The van der Waals surface area contributed by atoms with Crippen LogP contribution in [0, 0.1) is 5.41 Å². The molecule has 0 aromatic rings. The van der Waals surface area contributed by atoms with E-state index in [2.05, 4.69) is 0 Å². The molecule has 0 rings (SSSR count). The van der Waals surface area contributed by atoms with Gasteiger partial charge in [0.05, 0.1) is 19.8 Å². The molecule has 80 valence electrons. The van der Waals surface area contributed by atoms with Crippen LogP contribution in [0.15, 0.2) is 0 Å². The first kappa shape index (κ1) is 22.6. The first-order chi connectivity index (χ1) is 4.24. The molecule has 0 aliphatic carbocycles. The predicted molar refractivity (Wildman–Crippen MR) is 44.8 cm³/mol. The number of rotatable bonds is 4. The summed E-state index contributed by atoms with van der Waals surface area (Å²) in [6.07, 6.45) is 0.594. The highest BCUT2D eigenvalue weighted by Crippen LogP contribution is 2.18. The zero-order valence-corrected chi connectivity index (χ0v) is 7.17. The van der Waals surface area contributed by atoms with Crippen molar-refractivity contribution in [3.63, 3.8) is 0 Å². The van der Waals surface area contributed by atoms with Crippen LogP contribution in [0.4, 0.5) is 0 Å². The summed E-state index contributed by atoms with van der Waals surface area (Å²) in [7, 11) is 0. The van der Waals surface area contributed by atoms with Crippen molar-refractivity contribution < 1.29 is 31.7 Å². The van der Waals surface area contributed by atoms with Crippen LogP contribution in [-0.4, -0.2) is 51.6 Å². The lowest BCUT2D eigenvalue weighted by Crippen LogP contribution is -2.32. The summed E-state index contributed by atoms with van der Waals surface area (Å²) >= 11 is 0. The third-order valence-electron chi connectivity index (χ3n) is 1.76. The summed E-state index contributed by atoms with van der Waals surface area (Å²) < 4.78 is 0. The van der Waals surface area contributed by atoms with E-state index in [0.717, 1.165) is 0 Å². The van der Waals surface area contributed by atoms with Crippen LogP contribution in [0.5, 0.6) is 0 Å². The lowest BCUT2D eigenvalue weighted by molar-refractivity contribution is 0.00304. The molecule has 6 heteroatoms. The SMILES string of the molecule is CCC(CO)(CO)CO.O.O.O. The fraction of sp³-hybridized carbons (Fsp3) is 1.00. The van der Waals surface area contributed by atoms with Crippen molar-refractivity contribution in [1.82, 2.24) is 0 Å². The second kappa shape index (κ2) is 10.8. The van der Waals surface area contributed by atoms with Crippen LogP contribution in [0.1, 0.15) is 13.3 Å². The molecule has 0 aromatic heterocycles. The van der Waals surface area contributed by atoms with E-state index in [4.69, 9.17) is 15.3 Å². The minimum Gasteiger partial charge on any atom is -0.412 e.